The number of hydrogen-bond donors (Lipinski definition) is 0. The van der Waals surface area contributed by atoms with Crippen LogP contribution in [-0.2, 0) is 32.2 Å². The third kappa shape index (κ3) is 5.92. The Morgan fingerprint density at radius 3 is 2.19 bits per heavy atom. The summed E-state index contributed by atoms with van der Waals surface area (Å²) in [6, 6.07) is 20.5. The van der Waals surface area contributed by atoms with Gasteiger partial charge in [0.05, 0.1) is 32.5 Å². The fourth-order valence-electron chi connectivity index (χ4n) is 3.13. The minimum absolute atomic E-state index is 0.0660. The molecule has 0 spiro atoms. The average Bonchev–Trinajstić information content (AvgIpc) is 2.69. The molecule has 3 atom stereocenters. The molecule has 140 valence electrons. The molecule has 4 nitrogen and oxygen atoms in total. The van der Waals surface area contributed by atoms with Crippen molar-refractivity contribution in [2.75, 3.05) is 19.8 Å². The molecule has 3 rings (SSSR count). The van der Waals surface area contributed by atoms with E-state index in [1.165, 1.54) is 11.1 Å². The first kappa shape index (κ1) is 19.1. The molecule has 0 amide bonds. The largest absolute Gasteiger partial charge is 0.376 e. The van der Waals surface area contributed by atoms with Gasteiger partial charge in [-0.25, -0.2) is 0 Å². The molecule has 1 fully saturated rings. The first-order valence-electron chi connectivity index (χ1n) is 9.35. The first-order chi connectivity index (χ1) is 12.8. The van der Waals surface area contributed by atoms with Gasteiger partial charge in [-0.15, -0.1) is 0 Å². The van der Waals surface area contributed by atoms with Gasteiger partial charge in [-0.05, 0) is 18.1 Å². The van der Waals surface area contributed by atoms with Gasteiger partial charge in [0.2, 0.25) is 0 Å². The van der Waals surface area contributed by atoms with Crippen LogP contribution in [0.5, 0.6) is 0 Å². The van der Waals surface area contributed by atoms with Gasteiger partial charge in [0, 0.05) is 18.9 Å². The van der Waals surface area contributed by atoms with Crippen LogP contribution >= 0.6 is 0 Å². The molecule has 2 aromatic carbocycles. The van der Waals surface area contributed by atoms with Crippen LogP contribution in [0.4, 0.5) is 0 Å². The van der Waals surface area contributed by atoms with Crippen molar-refractivity contribution in [2.24, 2.45) is 5.92 Å². The number of benzene rings is 2. The van der Waals surface area contributed by atoms with Gasteiger partial charge in [0.1, 0.15) is 0 Å². The molecular weight excluding hydrogens is 328 g/mol. The summed E-state index contributed by atoms with van der Waals surface area (Å²) >= 11 is 0. The maximum absolute atomic E-state index is 6.22. The molecule has 1 heterocycles. The molecule has 0 unspecified atom stereocenters. The van der Waals surface area contributed by atoms with Crippen molar-refractivity contribution in [3.63, 3.8) is 0 Å². The summed E-state index contributed by atoms with van der Waals surface area (Å²) in [5, 5.41) is 0. The molecule has 26 heavy (non-hydrogen) atoms. The second-order valence-electron chi connectivity index (χ2n) is 6.55. The van der Waals surface area contributed by atoms with E-state index in [9.17, 15) is 0 Å². The molecule has 0 radical (unpaired) electrons. The van der Waals surface area contributed by atoms with Gasteiger partial charge in [0.15, 0.2) is 6.29 Å². The van der Waals surface area contributed by atoms with Gasteiger partial charge in [-0.3, -0.25) is 0 Å². The highest BCUT2D eigenvalue weighted by atomic mass is 16.7. The van der Waals surface area contributed by atoms with E-state index in [0.29, 0.717) is 33.0 Å². The predicted molar refractivity (Wildman–Crippen MR) is 101 cm³/mol. The van der Waals surface area contributed by atoms with Crippen LogP contribution in [0.15, 0.2) is 60.7 Å². The highest BCUT2D eigenvalue weighted by molar-refractivity contribution is 5.14. The Hall–Kier alpha value is -1.72. The third-order valence-electron chi connectivity index (χ3n) is 4.55. The molecule has 2 aromatic rings. The Bertz CT molecular complexity index is 617. The highest BCUT2D eigenvalue weighted by Gasteiger charge is 2.32. The van der Waals surface area contributed by atoms with E-state index < -0.39 is 0 Å². The molecule has 4 heteroatoms. The molecule has 1 saturated heterocycles. The molecule has 0 aliphatic carbocycles. The van der Waals surface area contributed by atoms with Crippen molar-refractivity contribution < 1.29 is 18.9 Å². The van der Waals surface area contributed by atoms with E-state index in [4.69, 9.17) is 18.9 Å². The van der Waals surface area contributed by atoms with Gasteiger partial charge in [-0.1, -0.05) is 60.7 Å². The van der Waals surface area contributed by atoms with Crippen LogP contribution in [0.2, 0.25) is 0 Å². The third-order valence-corrected chi connectivity index (χ3v) is 4.55. The van der Waals surface area contributed by atoms with Crippen molar-refractivity contribution in [1.29, 1.82) is 0 Å². The molecule has 0 bridgehead atoms. The first-order valence-corrected chi connectivity index (χ1v) is 9.35. The van der Waals surface area contributed by atoms with E-state index in [-0.39, 0.29) is 18.3 Å². The van der Waals surface area contributed by atoms with Crippen LogP contribution in [-0.4, -0.2) is 32.2 Å². The van der Waals surface area contributed by atoms with Crippen LogP contribution in [0.25, 0.3) is 0 Å². The van der Waals surface area contributed by atoms with Gasteiger partial charge in [-0.2, -0.15) is 0 Å². The molecule has 0 saturated carbocycles. The number of rotatable bonds is 9. The predicted octanol–water partition coefficient (Wildman–Crippen LogP) is 4.19. The minimum Gasteiger partial charge on any atom is -0.376 e. The monoisotopic (exact) mass is 356 g/mol. The highest BCUT2D eigenvalue weighted by Crippen LogP contribution is 2.25. The summed E-state index contributed by atoms with van der Waals surface area (Å²) in [7, 11) is 0. The Balaban J connectivity index is 1.52. The Morgan fingerprint density at radius 1 is 0.885 bits per heavy atom. The quantitative estimate of drug-likeness (QED) is 0.675. The van der Waals surface area contributed by atoms with Gasteiger partial charge in [0.25, 0.3) is 0 Å². The standard InChI is InChI=1S/C22H28O4/c1-2-24-22-13-21(25-15-19-11-7-4-8-12-19)20(17-26-22)16-23-14-18-9-5-3-6-10-18/h3-12,20-22H,2,13-17H2,1H3/t20-,21+,22+/m1/s1. The lowest BCUT2D eigenvalue weighted by Gasteiger charge is -2.35. The zero-order valence-corrected chi connectivity index (χ0v) is 15.4. The zero-order chi connectivity index (χ0) is 18.0. The van der Waals surface area contributed by atoms with Crippen molar-refractivity contribution in [2.45, 2.75) is 39.0 Å². The zero-order valence-electron chi connectivity index (χ0n) is 15.4. The molecular formula is C22H28O4. The van der Waals surface area contributed by atoms with E-state index in [2.05, 4.69) is 24.3 Å². The summed E-state index contributed by atoms with van der Waals surface area (Å²) in [6.07, 6.45) is 0.613. The van der Waals surface area contributed by atoms with Crippen LogP contribution < -0.4 is 0 Å². The lowest BCUT2D eigenvalue weighted by atomic mass is 9.98. The normalized spacial score (nSPS) is 23.0. The van der Waals surface area contributed by atoms with Crippen LogP contribution in [0.1, 0.15) is 24.5 Å². The molecule has 0 aromatic heterocycles. The molecule has 0 N–H and O–H groups in total. The van der Waals surface area contributed by atoms with E-state index in [1.807, 2.05) is 43.3 Å². The van der Waals surface area contributed by atoms with Crippen molar-refractivity contribution >= 4 is 0 Å². The topological polar surface area (TPSA) is 36.9 Å². The molecule has 1 aliphatic rings. The van der Waals surface area contributed by atoms with E-state index >= 15 is 0 Å². The Kier molecular flexibility index (Phi) is 7.65. The lowest BCUT2D eigenvalue weighted by molar-refractivity contribution is -0.218. The summed E-state index contributed by atoms with van der Waals surface area (Å²) in [4.78, 5) is 0. The smallest absolute Gasteiger partial charge is 0.160 e. The summed E-state index contributed by atoms with van der Waals surface area (Å²) in [5.41, 5.74) is 2.36. The summed E-state index contributed by atoms with van der Waals surface area (Å²) in [6.45, 7) is 5.05. The minimum atomic E-state index is -0.189. The fraction of sp³-hybridized carbons (Fsp3) is 0.455. The molecule has 1 aliphatic heterocycles. The maximum atomic E-state index is 6.22. The maximum Gasteiger partial charge on any atom is 0.160 e. The van der Waals surface area contributed by atoms with Crippen molar-refractivity contribution in [3.05, 3.63) is 71.8 Å². The number of ether oxygens (including phenoxy) is 4. The SMILES string of the molecule is CCO[C@@H]1C[C@H](OCc2ccccc2)[C@H](COCc2ccccc2)CO1. The van der Waals surface area contributed by atoms with Gasteiger partial charge >= 0.3 is 0 Å². The second-order valence-corrected chi connectivity index (χ2v) is 6.55. The van der Waals surface area contributed by atoms with E-state index in [1.54, 1.807) is 0 Å². The van der Waals surface area contributed by atoms with Crippen LogP contribution in [0.3, 0.4) is 0 Å². The number of hydrogen-bond acceptors (Lipinski definition) is 4. The average molecular weight is 356 g/mol. The van der Waals surface area contributed by atoms with E-state index in [0.717, 1.165) is 6.42 Å². The van der Waals surface area contributed by atoms with Crippen molar-refractivity contribution in [1.82, 2.24) is 0 Å². The van der Waals surface area contributed by atoms with Crippen LogP contribution in [0, 0.1) is 5.92 Å². The van der Waals surface area contributed by atoms with Gasteiger partial charge < -0.3 is 18.9 Å². The summed E-state index contributed by atoms with van der Waals surface area (Å²) in [5.74, 6) is 0.208. The lowest BCUT2D eigenvalue weighted by Crippen LogP contribution is -2.42. The van der Waals surface area contributed by atoms with Crippen molar-refractivity contribution in [3.8, 4) is 0 Å². The fourth-order valence-corrected chi connectivity index (χ4v) is 3.13. The Labute approximate surface area is 156 Å². The summed E-state index contributed by atoms with van der Waals surface area (Å²) < 4.78 is 23.6. The Morgan fingerprint density at radius 2 is 1.54 bits per heavy atom. The second kappa shape index (κ2) is 10.4.